The summed E-state index contributed by atoms with van der Waals surface area (Å²) < 4.78 is 37.3. The fourth-order valence-electron chi connectivity index (χ4n) is 5.28. The molecule has 1 atom stereocenters. The van der Waals surface area contributed by atoms with Gasteiger partial charge in [-0.05, 0) is 47.7 Å². The molecule has 0 radical (unpaired) electrons. The van der Waals surface area contributed by atoms with Crippen LogP contribution in [0.2, 0.25) is 0 Å². The highest BCUT2D eigenvalue weighted by molar-refractivity contribution is 5.96. The second kappa shape index (κ2) is 10.8. The van der Waals surface area contributed by atoms with E-state index >= 15 is 4.39 Å². The Morgan fingerprint density at radius 2 is 1.75 bits per heavy atom. The quantitative estimate of drug-likeness (QED) is 0.276. The maximum Gasteiger partial charge on any atom is 0.278 e. The van der Waals surface area contributed by atoms with Gasteiger partial charge in [0.1, 0.15) is 25.1 Å². The first kappa shape index (κ1) is 25.5. The van der Waals surface area contributed by atoms with E-state index in [1.54, 1.807) is 38.9 Å². The molecule has 2 aromatic carbocycles. The van der Waals surface area contributed by atoms with Crippen molar-refractivity contribution in [3.8, 4) is 5.75 Å². The highest BCUT2D eigenvalue weighted by Gasteiger charge is 2.38. The average Bonchev–Trinajstić information content (AvgIpc) is 2.99. The van der Waals surface area contributed by atoms with Gasteiger partial charge in [0.25, 0.3) is 5.91 Å². The van der Waals surface area contributed by atoms with Crippen molar-refractivity contribution in [2.75, 3.05) is 18.2 Å². The van der Waals surface area contributed by atoms with Gasteiger partial charge in [-0.2, -0.15) is 4.39 Å². The third kappa shape index (κ3) is 4.75. The number of ether oxygens (including phenoxy) is 1. The highest BCUT2D eigenvalue weighted by Crippen LogP contribution is 2.35. The molecule has 2 bridgehead atoms. The molecule has 202 valence electrons. The third-order valence-electron chi connectivity index (χ3n) is 7.16. The van der Waals surface area contributed by atoms with Gasteiger partial charge < -0.3 is 9.64 Å². The topological polar surface area (TPSA) is 67.7 Å². The van der Waals surface area contributed by atoms with Crippen LogP contribution in [0.4, 0.5) is 8.78 Å². The second-order valence-corrected chi connectivity index (χ2v) is 9.69. The van der Waals surface area contributed by atoms with Gasteiger partial charge in [-0.15, -0.1) is 0 Å². The van der Waals surface area contributed by atoms with Gasteiger partial charge in [-0.3, -0.25) is 19.3 Å². The van der Waals surface area contributed by atoms with Crippen LogP contribution in [0.25, 0.3) is 0 Å². The fourth-order valence-corrected chi connectivity index (χ4v) is 5.28. The van der Waals surface area contributed by atoms with Crippen molar-refractivity contribution in [2.24, 2.45) is 0 Å². The molecule has 1 amide bonds. The van der Waals surface area contributed by atoms with Crippen LogP contribution >= 0.6 is 0 Å². The first-order chi connectivity index (χ1) is 19.5. The zero-order chi connectivity index (χ0) is 27.6. The molecular formula is C31H26F2N4O3. The van der Waals surface area contributed by atoms with E-state index in [1.165, 1.54) is 24.4 Å². The largest absolute Gasteiger partial charge is 0.482 e. The Kier molecular flexibility index (Phi) is 6.86. The van der Waals surface area contributed by atoms with Gasteiger partial charge in [0.15, 0.2) is 11.4 Å². The normalized spacial score (nSPS) is 17.4. The van der Waals surface area contributed by atoms with E-state index in [4.69, 9.17) is 4.74 Å². The lowest BCUT2D eigenvalue weighted by Gasteiger charge is -2.43. The molecule has 0 unspecified atom stereocenters. The van der Waals surface area contributed by atoms with Crippen LogP contribution < -0.4 is 15.2 Å². The number of rotatable bonds is 4. The summed E-state index contributed by atoms with van der Waals surface area (Å²) in [7, 11) is 0. The van der Waals surface area contributed by atoms with Gasteiger partial charge in [0.05, 0.1) is 5.69 Å². The molecular weight excluding hydrogens is 514 g/mol. The Morgan fingerprint density at radius 3 is 2.58 bits per heavy atom. The summed E-state index contributed by atoms with van der Waals surface area (Å²) in [6.07, 6.45) is 6.24. The average molecular weight is 541 g/mol. The predicted octanol–water partition coefficient (Wildman–Crippen LogP) is 4.74. The van der Waals surface area contributed by atoms with Crippen molar-refractivity contribution in [1.29, 1.82) is 0 Å². The molecule has 2 aliphatic heterocycles. The SMILES string of the molecule is O=C1c2c(OCc3ccccc3)c(=O)ccn2N2CN1C/C=C/CCc1c(F)cccc1[C@@H]2c1cccc(F)n1. The molecule has 0 fully saturated rings. The number of halogens is 2. The number of nitrogens with zero attached hydrogens (tertiary/aromatic N) is 4. The number of carbonyl (C=O) groups excluding carboxylic acids is 1. The Hall–Kier alpha value is -4.79. The van der Waals surface area contributed by atoms with Gasteiger partial charge in [-0.1, -0.05) is 60.7 Å². The predicted molar refractivity (Wildman–Crippen MR) is 145 cm³/mol. The molecule has 2 aromatic heterocycles. The number of allylic oxidation sites excluding steroid dienone is 1. The van der Waals surface area contributed by atoms with E-state index in [1.807, 2.05) is 42.5 Å². The summed E-state index contributed by atoms with van der Waals surface area (Å²) in [5.74, 6) is -1.52. The van der Waals surface area contributed by atoms with E-state index in [0.717, 1.165) is 5.56 Å². The number of amides is 1. The first-order valence-corrected chi connectivity index (χ1v) is 13.0. The monoisotopic (exact) mass is 540 g/mol. The van der Waals surface area contributed by atoms with Crippen molar-refractivity contribution in [3.05, 3.63) is 141 Å². The van der Waals surface area contributed by atoms with Crippen LogP contribution in [-0.4, -0.2) is 33.7 Å². The Labute approximate surface area is 229 Å². The van der Waals surface area contributed by atoms with Crippen LogP contribution in [0.3, 0.4) is 0 Å². The third-order valence-corrected chi connectivity index (χ3v) is 7.16. The minimum atomic E-state index is -0.779. The van der Waals surface area contributed by atoms with Crippen molar-refractivity contribution in [1.82, 2.24) is 14.6 Å². The number of benzene rings is 2. The molecule has 4 heterocycles. The minimum Gasteiger partial charge on any atom is -0.482 e. The molecule has 2 aliphatic rings. The summed E-state index contributed by atoms with van der Waals surface area (Å²) >= 11 is 0. The molecule has 4 aromatic rings. The molecule has 6 rings (SSSR count). The smallest absolute Gasteiger partial charge is 0.278 e. The van der Waals surface area contributed by atoms with Crippen LogP contribution in [0.1, 0.15) is 45.3 Å². The van der Waals surface area contributed by atoms with Gasteiger partial charge in [0.2, 0.25) is 11.4 Å². The van der Waals surface area contributed by atoms with E-state index in [0.29, 0.717) is 29.7 Å². The molecule has 0 saturated heterocycles. The summed E-state index contributed by atoms with van der Waals surface area (Å²) in [6, 6.07) is 19.2. The number of fused-ring (bicyclic) bond motifs is 5. The van der Waals surface area contributed by atoms with Crippen LogP contribution in [0.5, 0.6) is 5.75 Å². The van der Waals surface area contributed by atoms with Gasteiger partial charge >= 0.3 is 0 Å². The first-order valence-electron chi connectivity index (χ1n) is 13.0. The van der Waals surface area contributed by atoms with Crippen molar-refractivity contribution in [2.45, 2.75) is 25.5 Å². The number of aromatic nitrogens is 2. The zero-order valence-corrected chi connectivity index (χ0v) is 21.5. The molecule has 0 N–H and O–H groups in total. The fraction of sp³-hybridized carbons (Fsp3) is 0.194. The number of hydrogen-bond donors (Lipinski definition) is 0. The summed E-state index contributed by atoms with van der Waals surface area (Å²) in [5.41, 5.74) is 1.85. The molecule has 7 nitrogen and oxygen atoms in total. The second-order valence-electron chi connectivity index (χ2n) is 9.69. The lowest BCUT2D eigenvalue weighted by molar-refractivity contribution is 0.0697. The van der Waals surface area contributed by atoms with E-state index < -0.39 is 17.4 Å². The summed E-state index contributed by atoms with van der Waals surface area (Å²) in [5, 5.41) is 1.80. The van der Waals surface area contributed by atoms with Gasteiger partial charge in [-0.25, -0.2) is 9.37 Å². The van der Waals surface area contributed by atoms with Crippen LogP contribution in [0.15, 0.2) is 95.9 Å². The Morgan fingerprint density at radius 1 is 0.925 bits per heavy atom. The highest BCUT2D eigenvalue weighted by atomic mass is 19.1. The van der Waals surface area contributed by atoms with Gasteiger partial charge in [0, 0.05) is 18.8 Å². The maximum atomic E-state index is 15.3. The van der Waals surface area contributed by atoms with Crippen LogP contribution in [0, 0.1) is 11.8 Å². The molecule has 0 aliphatic carbocycles. The Balaban J connectivity index is 1.57. The maximum absolute atomic E-state index is 15.3. The lowest BCUT2D eigenvalue weighted by atomic mass is 9.93. The molecule has 0 spiro atoms. The number of pyridine rings is 2. The standard InChI is InChI=1S/C31H26F2N4O3/c32-24-13-7-12-23-22(24)11-5-2-6-17-35-20-37(28(23)25-14-8-15-27(33)34-25)36-18-16-26(38)30(29(36)31(35)39)40-19-21-9-3-1-4-10-21/h1-4,6-10,12-16,18,28H,5,11,17,19-20H2/b6-2+/t28-/m1/s1. The number of carbonyl (C=O) groups is 1. The molecule has 9 heteroatoms. The minimum absolute atomic E-state index is 0.0432. The van der Waals surface area contributed by atoms with E-state index in [-0.39, 0.29) is 43.0 Å². The molecule has 40 heavy (non-hydrogen) atoms. The van der Waals surface area contributed by atoms with E-state index in [9.17, 15) is 14.0 Å². The van der Waals surface area contributed by atoms with E-state index in [2.05, 4.69) is 4.98 Å². The number of hydrogen-bond acceptors (Lipinski definition) is 5. The molecule has 0 saturated carbocycles. The van der Waals surface area contributed by atoms with Crippen LogP contribution in [-0.2, 0) is 13.0 Å². The summed E-state index contributed by atoms with van der Waals surface area (Å²) in [6.45, 7) is 0.428. The van der Waals surface area contributed by atoms with Crippen molar-refractivity contribution in [3.63, 3.8) is 0 Å². The zero-order valence-electron chi connectivity index (χ0n) is 21.5. The summed E-state index contributed by atoms with van der Waals surface area (Å²) in [4.78, 5) is 32.7. The Bertz CT molecular complexity index is 1650. The lowest BCUT2D eigenvalue weighted by Crippen LogP contribution is -2.55. The van der Waals surface area contributed by atoms with Crippen molar-refractivity contribution < 1.29 is 18.3 Å². The van der Waals surface area contributed by atoms with Crippen molar-refractivity contribution >= 4 is 5.91 Å².